The normalized spacial score (nSPS) is 16.1. The first kappa shape index (κ1) is 12.5. The highest BCUT2D eigenvalue weighted by Crippen LogP contribution is 2.19. The topological polar surface area (TPSA) is 54.0 Å². The van der Waals surface area contributed by atoms with Gasteiger partial charge >= 0.3 is 0 Å². The van der Waals surface area contributed by atoms with E-state index in [-0.39, 0.29) is 5.91 Å². The van der Waals surface area contributed by atoms with E-state index < -0.39 is 0 Å². The zero-order valence-corrected chi connectivity index (χ0v) is 11.2. The highest BCUT2D eigenvalue weighted by atomic mass is 79.9. The number of aromatic nitrogens is 1. The first-order chi connectivity index (χ1) is 8.25. The number of hydrogen-bond acceptors (Lipinski definition) is 3. The zero-order chi connectivity index (χ0) is 12.1. The number of pyridine rings is 1. The van der Waals surface area contributed by atoms with Gasteiger partial charge in [-0.15, -0.1) is 0 Å². The van der Waals surface area contributed by atoms with E-state index in [1.165, 1.54) is 25.7 Å². The molecule has 1 heterocycles. The lowest BCUT2D eigenvalue weighted by atomic mass is 10.2. The van der Waals surface area contributed by atoms with Gasteiger partial charge in [-0.05, 0) is 40.9 Å². The molecule has 92 valence electrons. The van der Waals surface area contributed by atoms with E-state index in [1.54, 1.807) is 12.3 Å². The smallest absolute Gasteiger partial charge is 0.238 e. The summed E-state index contributed by atoms with van der Waals surface area (Å²) in [6.07, 6.45) is 6.59. The quantitative estimate of drug-likeness (QED) is 0.839. The molecule has 1 fully saturated rings. The maximum atomic E-state index is 11.7. The Morgan fingerprint density at radius 1 is 1.47 bits per heavy atom. The lowest BCUT2D eigenvalue weighted by Gasteiger charge is -2.12. The lowest BCUT2D eigenvalue weighted by molar-refractivity contribution is -0.115. The number of anilines is 1. The van der Waals surface area contributed by atoms with E-state index in [2.05, 4.69) is 31.5 Å². The van der Waals surface area contributed by atoms with Crippen molar-refractivity contribution < 1.29 is 4.79 Å². The van der Waals surface area contributed by atoms with Crippen molar-refractivity contribution in [1.29, 1.82) is 0 Å². The molecule has 1 amide bonds. The number of rotatable bonds is 4. The molecule has 5 heteroatoms. The average Bonchev–Trinajstić information content (AvgIpc) is 2.82. The van der Waals surface area contributed by atoms with Crippen LogP contribution in [0.1, 0.15) is 25.7 Å². The minimum Gasteiger partial charge on any atom is -0.323 e. The fourth-order valence-electron chi connectivity index (χ4n) is 2.04. The number of nitrogens with one attached hydrogen (secondary N) is 2. The van der Waals surface area contributed by atoms with Gasteiger partial charge in [-0.1, -0.05) is 12.8 Å². The minimum absolute atomic E-state index is 0.0226. The zero-order valence-electron chi connectivity index (χ0n) is 9.58. The summed E-state index contributed by atoms with van der Waals surface area (Å²) in [4.78, 5) is 15.8. The summed E-state index contributed by atoms with van der Waals surface area (Å²) in [5.74, 6) is -0.0226. The van der Waals surface area contributed by atoms with Crippen molar-refractivity contribution in [1.82, 2.24) is 10.3 Å². The van der Waals surface area contributed by atoms with E-state index >= 15 is 0 Å². The van der Waals surface area contributed by atoms with Crippen LogP contribution >= 0.6 is 15.9 Å². The first-order valence-electron chi connectivity index (χ1n) is 5.89. The van der Waals surface area contributed by atoms with Gasteiger partial charge < -0.3 is 10.6 Å². The third-order valence-electron chi connectivity index (χ3n) is 2.94. The molecule has 1 aliphatic carbocycles. The van der Waals surface area contributed by atoms with Crippen LogP contribution in [-0.4, -0.2) is 23.5 Å². The van der Waals surface area contributed by atoms with Gasteiger partial charge in [0.25, 0.3) is 0 Å². The number of carbonyl (C=O) groups is 1. The van der Waals surface area contributed by atoms with E-state index in [9.17, 15) is 4.79 Å². The Kier molecular flexibility index (Phi) is 4.50. The van der Waals surface area contributed by atoms with Crippen molar-refractivity contribution >= 4 is 27.5 Å². The van der Waals surface area contributed by atoms with Crippen LogP contribution in [0.4, 0.5) is 5.69 Å². The van der Waals surface area contributed by atoms with E-state index in [1.807, 2.05) is 6.07 Å². The van der Waals surface area contributed by atoms with Crippen LogP contribution in [0.25, 0.3) is 0 Å². The third-order valence-corrected chi connectivity index (χ3v) is 3.57. The third kappa shape index (κ3) is 3.78. The Labute approximate surface area is 109 Å². The molecule has 0 aromatic carbocycles. The minimum atomic E-state index is -0.0226. The van der Waals surface area contributed by atoms with Gasteiger partial charge in [0.1, 0.15) is 4.60 Å². The van der Waals surface area contributed by atoms with Crippen molar-refractivity contribution in [2.75, 3.05) is 11.9 Å². The van der Waals surface area contributed by atoms with Crippen LogP contribution < -0.4 is 10.6 Å². The predicted molar refractivity (Wildman–Crippen MR) is 70.8 cm³/mol. The molecule has 0 unspecified atom stereocenters. The summed E-state index contributed by atoms with van der Waals surface area (Å²) >= 11 is 3.30. The van der Waals surface area contributed by atoms with Crippen LogP contribution in [0.3, 0.4) is 0 Å². The van der Waals surface area contributed by atoms with E-state index in [0.717, 1.165) is 0 Å². The monoisotopic (exact) mass is 297 g/mol. The van der Waals surface area contributed by atoms with Crippen LogP contribution in [0.2, 0.25) is 0 Å². The number of halogens is 1. The number of nitrogens with zero attached hydrogens (tertiary/aromatic N) is 1. The number of amides is 1. The van der Waals surface area contributed by atoms with Crippen molar-refractivity contribution in [3.05, 3.63) is 22.9 Å². The Morgan fingerprint density at radius 3 is 2.94 bits per heavy atom. The average molecular weight is 298 g/mol. The van der Waals surface area contributed by atoms with Gasteiger partial charge in [0, 0.05) is 12.2 Å². The van der Waals surface area contributed by atoms with Crippen LogP contribution in [0, 0.1) is 0 Å². The molecule has 0 radical (unpaired) electrons. The molecule has 2 N–H and O–H groups in total. The van der Waals surface area contributed by atoms with Gasteiger partial charge in [-0.2, -0.15) is 0 Å². The summed E-state index contributed by atoms with van der Waals surface area (Å²) in [7, 11) is 0. The van der Waals surface area contributed by atoms with Crippen molar-refractivity contribution in [2.45, 2.75) is 31.7 Å². The molecule has 0 spiro atoms. The maximum absolute atomic E-state index is 11.7. The van der Waals surface area contributed by atoms with Gasteiger partial charge in [-0.25, -0.2) is 4.98 Å². The Balaban J connectivity index is 1.79. The lowest BCUT2D eigenvalue weighted by Crippen LogP contribution is -2.34. The Bertz CT molecular complexity index is 391. The Hall–Kier alpha value is -0.940. The fraction of sp³-hybridized carbons (Fsp3) is 0.500. The molecular weight excluding hydrogens is 282 g/mol. The molecule has 0 atom stereocenters. The highest BCUT2D eigenvalue weighted by Gasteiger charge is 2.15. The van der Waals surface area contributed by atoms with Gasteiger partial charge in [0.05, 0.1) is 12.2 Å². The van der Waals surface area contributed by atoms with Crippen molar-refractivity contribution in [3.8, 4) is 0 Å². The molecule has 0 aliphatic heterocycles. The number of hydrogen-bond donors (Lipinski definition) is 2. The molecular formula is C12H16BrN3O. The Morgan fingerprint density at radius 2 is 2.24 bits per heavy atom. The summed E-state index contributed by atoms with van der Waals surface area (Å²) in [5.41, 5.74) is 0.714. The molecule has 1 saturated carbocycles. The molecule has 1 aromatic rings. The summed E-state index contributed by atoms with van der Waals surface area (Å²) in [6.45, 7) is 0.367. The van der Waals surface area contributed by atoms with Gasteiger partial charge in [0.2, 0.25) is 5.91 Å². The molecule has 0 saturated heterocycles. The van der Waals surface area contributed by atoms with E-state index in [4.69, 9.17) is 0 Å². The second-order valence-electron chi connectivity index (χ2n) is 4.25. The second kappa shape index (κ2) is 6.12. The van der Waals surface area contributed by atoms with Crippen LogP contribution in [0.15, 0.2) is 22.9 Å². The number of carbonyl (C=O) groups excluding carboxylic acids is 1. The molecule has 17 heavy (non-hydrogen) atoms. The summed E-state index contributed by atoms with van der Waals surface area (Å²) in [6, 6.07) is 4.13. The van der Waals surface area contributed by atoms with Gasteiger partial charge in [0.15, 0.2) is 0 Å². The predicted octanol–water partition coefficient (Wildman–Crippen LogP) is 2.31. The summed E-state index contributed by atoms with van der Waals surface area (Å²) in [5, 5.41) is 6.10. The van der Waals surface area contributed by atoms with Crippen LogP contribution in [0.5, 0.6) is 0 Å². The van der Waals surface area contributed by atoms with Gasteiger partial charge in [-0.3, -0.25) is 4.79 Å². The molecule has 0 bridgehead atoms. The maximum Gasteiger partial charge on any atom is 0.238 e. The first-order valence-corrected chi connectivity index (χ1v) is 6.69. The fourth-order valence-corrected chi connectivity index (χ4v) is 2.39. The standard InChI is InChI=1S/C12H16BrN3O/c13-12-10(6-3-7-14-12)16-11(17)8-15-9-4-1-2-5-9/h3,6-7,9,15H,1-2,4-5,8H2,(H,16,17). The second-order valence-corrected chi connectivity index (χ2v) is 5.00. The van der Waals surface area contributed by atoms with Crippen molar-refractivity contribution in [3.63, 3.8) is 0 Å². The SMILES string of the molecule is O=C(CNC1CCCC1)Nc1cccnc1Br. The van der Waals surface area contributed by atoms with Crippen molar-refractivity contribution in [2.24, 2.45) is 0 Å². The molecule has 1 aliphatic rings. The highest BCUT2D eigenvalue weighted by molar-refractivity contribution is 9.10. The molecule has 1 aromatic heterocycles. The van der Waals surface area contributed by atoms with Crippen LogP contribution in [-0.2, 0) is 4.79 Å². The van der Waals surface area contributed by atoms with E-state index in [0.29, 0.717) is 22.9 Å². The molecule has 2 rings (SSSR count). The molecule has 4 nitrogen and oxygen atoms in total. The largest absolute Gasteiger partial charge is 0.323 e. The summed E-state index contributed by atoms with van der Waals surface area (Å²) < 4.78 is 0.661.